The molecule has 0 radical (unpaired) electrons. The number of fused-ring (bicyclic) bond motifs is 1. The summed E-state index contributed by atoms with van der Waals surface area (Å²) in [5.74, 6) is -0.377. The molecule has 0 amide bonds. The van der Waals surface area contributed by atoms with E-state index in [-0.39, 0.29) is 18.7 Å². The number of hydrogen-bond donors (Lipinski definition) is 0. The molecular weight excluding hydrogens is 388 g/mol. The van der Waals surface area contributed by atoms with Crippen LogP contribution in [0.1, 0.15) is 30.6 Å². The molecule has 2 saturated heterocycles. The third kappa shape index (κ3) is 4.71. The molecular formula is C23H26O7. The number of rotatable bonds is 6. The molecule has 0 bridgehead atoms. The number of esters is 1. The van der Waals surface area contributed by atoms with Crippen molar-refractivity contribution >= 4 is 5.97 Å². The van der Waals surface area contributed by atoms with Crippen molar-refractivity contribution in [1.29, 1.82) is 0 Å². The van der Waals surface area contributed by atoms with Crippen molar-refractivity contribution in [3.8, 4) is 0 Å². The Labute approximate surface area is 175 Å². The monoisotopic (exact) mass is 414 g/mol. The zero-order valence-corrected chi connectivity index (χ0v) is 17.0. The number of ether oxygens (including phenoxy) is 6. The van der Waals surface area contributed by atoms with Gasteiger partial charge in [0.1, 0.15) is 31.0 Å². The highest BCUT2D eigenvalue weighted by Gasteiger charge is 2.50. The molecule has 0 aromatic heterocycles. The third-order valence-corrected chi connectivity index (χ3v) is 5.14. The van der Waals surface area contributed by atoms with Crippen molar-refractivity contribution in [2.75, 3.05) is 20.3 Å². The Morgan fingerprint density at radius 1 is 0.767 bits per heavy atom. The first-order valence-electron chi connectivity index (χ1n) is 9.99. The van der Waals surface area contributed by atoms with Crippen LogP contribution >= 0.6 is 0 Å². The van der Waals surface area contributed by atoms with Gasteiger partial charge in [-0.15, -0.1) is 0 Å². The Bertz CT molecular complexity index is 813. The molecule has 2 aliphatic heterocycles. The maximum Gasteiger partial charge on any atom is 0.302 e. The molecule has 2 fully saturated rings. The van der Waals surface area contributed by atoms with E-state index in [1.807, 2.05) is 60.7 Å². The minimum absolute atomic E-state index is 0.0599. The summed E-state index contributed by atoms with van der Waals surface area (Å²) in [5, 5.41) is 0. The van der Waals surface area contributed by atoms with Crippen molar-refractivity contribution in [1.82, 2.24) is 0 Å². The van der Waals surface area contributed by atoms with Gasteiger partial charge >= 0.3 is 5.97 Å². The molecule has 2 heterocycles. The van der Waals surface area contributed by atoms with Crippen molar-refractivity contribution < 1.29 is 33.2 Å². The van der Waals surface area contributed by atoms with E-state index in [1.165, 1.54) is 6.92 Å². The summed E-state index contributed by atoms with van der Waals surface area (Å²) in [6.07, 6.45) is -3.09. The van der Waals surface area contributed by atoms with Crippen LogP contribution in [0.5, 0.6) is 0 Å². The van der Waals surface area contributed by atoms with Crippen LogP contribution in [-0.4, -0.2) is 50.7 Å². The van der Waals surface area contributed by atoms with E-state index >= 15 is 0 Å². The van der Waals surface area contributed by atoms with E-state index in [0.717, 1.165) is 11.1 Å². The van der Waals surface area contributed by atoms with Crippen molar-refractivity contribution in [3.05, 3.63) is 71.8 Å². The second-order valence-electron chi connectivity index (χ2n) is 7.29. The number of methoxy groups -OCH3 is 1. The lowest BCUT2D eigenvalue weighted by Crippen LogP contribution is -2.60. The predicted molar refractivity (Wildman–Crippen MR) is 106 cm³/mol. The fourth-order valence-electron chi connectivity index (χ4n) is 3.74. The van der Waals surface area contributed by atoms with E-state index in [2.05, 4.69) is 0 Å². The van der Waals surface area contributed by atoms with Gasteiger partial charge in [0.15, 0.2) is 12.6 Å². The Kier molecular flexibility index (Phi) is 6.76. The van der Waals surface area contributed by atoms with Crippen molar-refractivity contribution in [3.63, 3.8) is 0 Å². The lowest BCUT2D eigenvalue weighted by molar-refractivity contribution is -0.387. The van der Waals surface area contributed by atoms with E-state index < -0.39 is 30.9 Å². The minimum atomic E-state index is -0.632. The fraction of sp³-hybridized carbons (Fsp3) is 0.435. The topological polar surface area (TPSA) is 72.5 Å². The van der Waals surface area contributed by atoms with Crippen LogP contribution in [0, 0.1) is 0 Å². The van der Waals surface area contributed by atoms with Crippen molar-refractivity contribution in [2.45, 2.75) is 43.9 Å². The average molecular weight is 414 g/mol. The Morgan fingerprint density at radius 3 is 1.67 bits per heavy atom. The number of carbonyl (C=O) groups excluding carboxylic acids is 1. The second-order valence-corrected chi connectivity index (χ2v) is 7.29. The highest BCUT2D eigenvalue weighted by molar-refractivity contribution is 5.65. The molecule has 2 aromatic carbocycles. The molecule has 6 atom stereocenters. The zero-order valence-electron chi connectivity index (χ0n) is 17.0. The molecule has 0 saturated carbocycles. The van der Waals surface area contributed by atoms with Gasteiger partial charge < -0.3 is 28.4 Å². The summed E-state index contributed by atoms with van der Waals surface area (Å²) in [4.78, 5) is 11.5. The van der Waals surface area contributed by atoms with E-state index in [4.69, 9.17) is 28.4 Å². The SMILES string of the molecule is COCC1OC(c2ccccc2)OC2C(COC(C)=O)OC(c3ccccc3)OC12. The normalized spacial score (nSPS) is 31.0. The summed E-state index contributed by atoms with van der Waals surface area (Å²) in [6, 6.07) is 19.3. The first-order valence-corrected chi connectivity index (χ1v) is 9.99. The standard InChI is InChI=1S/C23H26O7/c1-15(24)26-14-19-21-20(29-23(28-19)17-11-7-4-8-12-17)18(13-25-2)27-22(30-21)16-9-5-3-6-10-16/h3-12,18-23H,13-14H2,1-2H3. The molecule has 2 aromatic rings. The molecule has 6 unspecified atom stereocenters. The molecule has 0 aliphatic carbocycles. The van der Waals surface area contributed by atoms with E-state index in [0.29, 0.717) is 6.61 Å². The summed E-state index contributed by atoms with van der Waals surface area (Å²) >= 11 is 0. The number of carbonyl (C=O) groups is 1. The quantitative estimate of drug-likeness (QED) is 0.673. The highest BCUT2D eigenvalue weighted by Crippen LogP contribution is 2.40. The van der Waals surface area contributed by atoms with Gasteiger partial charge in [0, 0.05) is 25.2 Å². The van der Waals surface area contributed by atoms with Gasteiger partial charge in [0.2, 0.25) is 0 Å². The summed E-state index contributed by atoms with van der Waals surface area (Å²) in [7, 11) is 1.62. The van der Waals surface area contributed by atoms with Gasteiger partial charge in [0.25, 0.3) is 0 Å². The second kappa shape index (κ2) is 9.68. The van der Waals surface area contributed by atoms with Gasteiger partial charge in [-0.1, -0.05) is 60.7 Å². The number of hydrogen-bond acceptors (Lipinski definition) is 7. The van der Waals surface area contributed by atoms with Crippen LogP contribution < -0.4 is 0 Å². The fourth-order valence-corrected chi connectivity index (χ4v) is 3.74. The molecule has 160 valence electrons. The lowest BCUT2D eigenvalue weighted by atomic mass is 9.98. The van der Waals surface area contributed by atoms with Gasteiger partial charge in [0.05, 0.1) is 6.61 Å². The van der Waals surface area contributed by atoms with Crippen molar-refractivity contribution in [2.24, 2.45) is 0 Å². The maximum absolute atomic E-state index is 11.5. The highest BCUT2D eigenvalue weighted by atomic mass is 16.8. The molecule has 2 aliphatic rings. The van der Waals surface area contributed by atoms with Gasteiger partial charge in [-0.3, -0.25) is 4.79 Å². The van der Waals surface area contributed by atoms with Crippen LogP contribution in [0.2, 0.25) is 0 Å². The van der Waals surface area contributed by atoms with Gasteiger partial charge in [-0.05, 0) is 0 Å². The smallest absolute Gasteiger partial charge is 0.302 e. The summed E-state index contributed by atoms with van der Waals surface area (Å²) < 4.78 is 35.6. The van der Waals surface area contributed by atoms with Crippen LogP contribution in [0.4, 0.5) is 0 Å². The van der Waals surface area contributed by atoms with Gasteiger partial charge in [-0.25, -0.2) is 0 Å². The van der Waals surface area contributed by atoms with Crippen LogP contribution in [0.25, 0.3) is 0 Å². The molecule has 7 nitrogen and oxygen atoms in total. The lowest BCUT2D eigenvalue weighted by Gasteiger charge is -2.49. The van der Waals surface area contributed by atoms with Crippen LogP contribution in [0.3, 0.4) is 0 Å². The van der Waals surface area contributed by atoms with Gasteiger partial charge in [-0.2, -0.15) is 0 Å². The van der Waals surface area contributed by atoms with E-state index in [1.54, 1.807) is 7.11 Å². The number of benzene rings is 2. The minimum Gasteiger partial charge on any atom is -0.463 e. The average Bonchev–Trinajstić information content (AvgIpc) is 2.78. The Balaban J connectivity index is 1.62. The summed E-state index contributed by atoms with van der Waals surface area (Å²) in [6.45, 7) is 1.76. The first-order chi connectivity index (χ1) is 14.7. The molecule has 0 spiro atoms. The van der Waals surface area contributed by atoms with Crippen LogP contribution in [0.15, 0.2) is 60.7 Å². The zero-order chi connectivity index (χ0) is 20.9. The molecule has 0 N–H and O–H groups in total. The third-order valence-electron chi connectivity index (χ3n) is 5.14. The Morgan fingerprint density at radius 2 is 1.23 bits per heavy atom. The molecule has 7 heteroatoms. The molecule has 30 heavy (non-hydrogen) atoms. The van der Waals surface area contributed by atoms with E-state index in [9.17, 15) is 4.79 Å². The largest absolute Gasteiger partial charge is 0.463 e. The summed E-state index contributed by atoms with van der Waals surface area (Å²) in [5.41, 5.74) is 1.75. The first kappa shape index (κ1) is 21.0. The van der Waals surface area contributed by atoms with Crippen LogP contribution in [-0.2, 0) is 33.2 Å². The molecule has 4 rings (SSSR count). The Hall–Kier alpha value is -2.29. The maximum atomic E-state index is 11.5. The predicted octanol–water partition coefficient (Wildman–Crippen LogP) is 3.16.